The minimum Gasteiger partial charge on any atom is -0.480 e. The fraction of sp³-hybridized carbons (Fsp3) is 0.900. The Kier molecular flexibility index (Phi) is 3.50. The minimum absolute atomic E-state index is 0.204. The Labute approximate surface area is 84.6 Å². The molecule has 0 aromatic carbocycles. The van der Waals surface area contributed by atoms with E-state index < -0.39 is 11.5 Å². The van der Waals surface area contributed by atoms with Crippen LogP contribution in [0, 0.1) is 0 Å². The van der Waals surface area contributed by atoms with Crippen molar-refractivity contribution in [2.75, 3.05) is 6.61 Å². The number of carbonyl (C=O) groups is 1. The van der Waals surface area contributed by atoms with Gasteiger partial charge in [0.25, 0.3) is 0 Å². The van der Waals surface area contributed by atoms with Gasteiger partial charge in [0.1, 0.15) is 5.54 Å². The second-order valence-electron chi connectivity index (χ2n) is 3.99. The summed E-state index contributed by atoms with van der Waals surface area (Å²) in [6, 6.07) is 0.204. The molecule has 1 saturated heterocycles. The molecule has 2 N–H and O–H groups in total. The zero-order chi connectivity index (χ0) is 10.8. The van der Waals surface area contributed by atoms with Gasteiger partial charge >= 0.3 is 5.97 Å². The first-order chi connectivity index (χ1) is 6.53. The molecule has 0 spiro atoms. The van der Waals surface area contributed by atoms with Gasteiger partial charge in [-0.1, -0.05) is 6.92 Å². The molecule has 0 amide bonds. The molecule has 0 radical (unpaired) electrons. The van der Waals surface area contributed by atoms with Gasteiger partial charge in [-0.05, 0) is 20.3 Å². The lowest BCUT2D eigenvalue weighted by Crippen LogP contribution is -2.59. The van der Waals surface area contributed by atoms with Crippen molar-refractivity contribution in [2.24, 2.45) is 0 Å². The van der Waals surface area contributed by atoms with E-state index in [2.05, 4.69) is 5.32 Å². The lowest BCUT2D eigenvalue weighted by atomic mass is 9.91. The van der Waals surface area contributed by atoms with Gasteiger partial charge in [0.05, 0.1) is 6.10 Å². The average Bonchev–Trinajstić information content (AvgIpc) is 2.49. The van der Waals surface area contributed by atoms with E-state index >= 15 is 0 Å². The van der Waals surface area contributed by atoms with Crippen LogP contribution in [0.2, 0.25) is 0 Å². The molecule has 3 unspecified atom stereocenters. The number of carboxylic acids is 1. The normalized spacial score (nSPS) is 34.4. The van der Waals surface area contributed by atoms with Crippen molar-refractivity contribution in [3.05, 3.63) is 0 Å². The smallest absolute Gasteiger partial charge is 0.326 e. The maximum atomic E-state index is 11.2. The summed E-state index contributed by atoms with van der Waals surface area (Å²) in [7, 11) is 0. The van der Waals surface area contributed by atoms with Crippen LogP contribution in [0.4, 0.5) is 0 Å². The van der Waals surface area contributed by atoms with E-state index in [1.807, 2.05) is 20.8 Å². The van der Waals surface area contributed by atoms with Crippen molar-refractivity contribution in [1.29, 1.82) is 0 Å². The van der Waals surface area contributed by atoms with Gasteiger partial charge in [-0.2, -0.15) is 0 Å². The fourth-order valence-electron chi connectivity index (χ4n) is 1.82. The topological polar surface area (TPSA) is 58.6 Å². The predicted molar refractivity (Wildman–Crippen MR) is 53.3 cm³/mol. The van der Waals surface area contributed by atoms with Crippen LogP contribution in [0.3, 0.4) is 0 Å². The zero-order valence-corrected chi connectivity index (χ0v) is 9.04. The summed E-state index contributed by atoms with van der Waals surface area (Å²) in [4.78, 5) is 11.2. The molecule has 1 aliphatic rings. The lowest BCUT2D eigenvalue weighted by molar-refractivity contribution is -0.147. The Morgan fingerprint density at radius 1 is 1.79 bits per heavy atom. The summed E-state index contributed by atoms with van der Waals surface area (Å²) in [6.45, 7) is 6.37. The Bertz CT molecular complexity index is 219. The highest BCUT2D eigenvalue weighted by Crippen LogP contribution is 2.27. The number of hydrogen-bond donors (Lipinski definition) is 2. The summed E-state index contributed by atoms with van der Waals surface area (Å²) in [6.07, 6.45) is 1.21. The molecule has 1 fully saturated rings. The van der Waals surface area contributed by atoms with Crippen molar-refractivity contribution in [3.63, 3.8) is 0 Å². The molecule has 4 nitrogen and oxygen atoms in total. The summed E-state index contributed by atoms with van der Waals surface area (Å²) in [5.41, 5.74) is -0.880. The maximum absolute atomic E-state index is 11.2. The van der Waals surface area contributed by atoms with Crippen LogP contribution in [0.15, 0.2) is 0 Å². The second kappa shape index (κ2) is 4.28. The van der Waals surface area contributed by atoms with E-state index in [-0.39, 0.29) is 12.1 Å². The molecular formula is C10H19NO3. The van der Waals surface area contributed by atoms with Gasteiger partial charge in [-0.3, -0.25) is 10.1 Å². The lowest BCUT2D eigenvalue weighted by Gasteiger charge is -2.31. The summed E-state index contributed by atoms with van der Waals surface area (Å²) in [5.74, 6) is -0.803. The maximum Gasteiger partial charge on any atom is 0.326 e. The third-order valence-corrected chi connectivity index (χ3v) is 3.06. The number of nitrogens with one attached hydrogen (secondary N) is 1. The van der Waals surface area contributed by atoms with Crippen LogP contribution in [-0.2, 0) is 9.53 Å². The summed E-state index contributed by atoms with van der Waals surface area (Å²) >= 11 is 0. The van der Waals surface area contributed by atoms with E-state index in [0.29, 0.717) is 13.0 Å². The van der Waals surface area contributed by atoms with E-state index in [9.17, 15) is 9.90 Å². The van der Waals surface area contributed by atoms with Crippen molar-refractivity contribution in [2.45, 2.75) is 51.3 Å². The summed E-state index contributed by atoms with van der Waals surface area (Å²) in [5, 5.41) is 12.4. The second-order valence-corrected chi connectivity index (χ2v) is 3.99. The standard InChI is InChI=1S/C10H19NO3/c1-4-7(2)11-10(9(12)13)5-6-14-8(10)3/h7-8,11H,4-6H2,1-3H3,(H,12,13). The molecule has 0 aliphatic carbocycles. The quantitative estimate of drug-likeness (QED) is 0.712. The van der Waals surface area contributed by atoms with E-state index in [1.54, 1.807) is 0 Å². The number of carboxylic acid groups (broad SMARTS) is 1. The molecule has 0 saturated carbocycles. The first kappa shape index (κ1) is 11.5. The van der Waals surface area contributed by atoms with Crippen molar-refractivity contribution >= 4 is 5.97 Å². The highest BCUT2D eigenvalue weighted by atomic mass is 16.5. The molecule has 82 valence electrons. The minimum atomic E-state index is -0.880. The Morgan fingerprint density at radius 2 is 2.43 bits per heavy atom. The molecule has 0 aromatic rings. The number of hydrogen-bond acceptors (Lipinski definition) is 3. The number of rotatable bonds is 4. The first-order valence-electron chi connectivity index (χ1n) is 5.15. The van der Waals surface area contributed by atoms with Gasteiger partial charge in [0, 0.05) is 19.1 Å². The van der Waals surface area contributed by atoms with Crippen molar-refractivity contribution < 1.29 is 14.6 Å². The van der Waals surface area contributed by atoms with Gasteiger partial charge in [-0.25, -0.2) is 0 Å². The first-order valence-corrected chi connectivity index (χ1v) is 5.15. The molecule has 4 heteroatoms. The third-order valence-electron chi connectivity index (χ3n) is 3.06. The Morgan fingerprint density at radius 3 is 2.79 bits per heavy atom. The molecule has 0 bridgehead atoms. The highest BCUT2D eigenvalue weighted by molar-refractivity contribution is 5.80. The van der Waals surface area contributed by atoms with Crippen LogP contribution in [0.1, 0.15) is 33.6 Å². The van der Waals surface area contributed by atoms with E-state index in [1.165, 1.54) is 0 Å². The average molecular weight is 201 g/mol. The van der Waals surface area contributed by atoms with Crippen molar-refractivity contribution in [3.8, 4) is 0 Å². The van der Waals surface area contributed by atoms with Gasteiger partial charge < -0.3 is 9.84 Å². The van der Waals surface area contributed by atoms with Crippen LogP contribution < -0.4 is 5.32 Å². The SMILES string of the molecule is CCC(C)NC1(C(=O)O)CCOC1C. The highest BCUT2D eigenvalue weighted by Gasteiger charge is 2.48. The van der Waals surface area contributed by atoms with Gasteiger partial charge in [-0.15, -0.1) is 0 Å². The number of ether oxygens (including phenoxy) is 1. The van der Waals surface area contributed by atoms with Crippen molar-refractivity contribution in [1.82, 2.24) is 5.32 Å². The largest absolute Gasteiger partial charge is 0.480 e. The van der Waals surface area contributed by atoms with Gasteiger partial charge in [0.2, 0.25) is 0 Å². The Balaban J connectivity index is 2.77. The van der Waals surface area contributed by atoms with E-state index in [4.69, 9.17) is 4.74 Å². The van der Waals surface area contributed by atoms with Crippen LogP contribution in [-0.4, -0.2) is 35.4 Å². The zero-order valence-electron chi connectivity index (χ0n) is 9.04. The third kappa shape index (κ3) is 1.91. The van der Waals surface area contributed by atoms with Crippen LogP contribution in [0.5, 0.6) is 0 Å². The van der Waals surface area contributed by atoms with Gasteiger partial charge in [0.15, 0.2) is 0 Å². The van der Waals surface area contributed by atoms with Crippen LogP contribution >= 0.6 is 0 Å². The van der Waals surface area contributed by atoms with E-state index in [0.717, 1.165) is 6.42 Å². The Hall–Kier alpha value is -0.610. The molecular weight excluding hydrogens is 182 g/mol. The van der Waals surface area contributed by atoms with Crippen LogP contribution in [0.25, 0.3) is 0 Å². The molecule has 1 rings (SSSR count). The fourth-order valence-corrected chi connectivity index (χ4v) is 1.82. The molecule has 3 atom stereocenters. The predicted octanol–water partition coefficient (Wildman–Crippen LogP) is 1.01. The molecule has 1 heterocycles. The summed E-state index contributed by atoms with van der Waals surface area (Å²) < 4.78 is 5.33. The monoisotopic (exact) mass is 201 g/mol. The molecule has 1 aliphatic heterocycles. The number of aliphatic carboxylic acids is 1. The molecule has 0 aromatic heterocycles. The molecule has 14 heavy (non-hydrogen) atoms.